The lowest BCUT2D eigenvalue weighted by atomic mass is 9.94. The topological polar surface area (TPSA) is 61.5 Å². The monoisotopic (exact) mass is 255 g/mol. The van der Waals surface area contributed by atoms with Crippen LogP contribution in [-0.4, -0.2) is 15.2 Å². The number of nitrogens with zero attached hydrogens (tertiary/aromatic N) is 1. The van der Waals surface area contributed by atoms with E-state index in [1.807, 2.05) is 33.9 Å². The maximum atomic E-state index is 12.2. The fourth-order valence-corrected chi connectivity index (χ4v) is 2.91. The summed E-state index contributed by atoms with van der Waals surface area (Å²) in [6.45, 7) is 8.13. The lowest BCUT2D eigenvalue weighted by molar-refractivity contribution is 0.839. The Bertz CT molecular complexity index is 840. The van der Waals surface area contributed by atoms with Crippen LogP contribution in [0, 0.1) is 13.8 Å². The second-order valence-electron chi connectivity index (χ2n) is 5.41. The van der Waals surface area contributed by atoms with E-state index in [0.29, 0.717) is 0 Å². The fraction of sp³-hybridized carbons (Fsp3) is 0.333. The van der Waals surface area contributed by atoms with E-state index in [1.54, 1.807) is 0 Å². The van der Waals surface area contributed by atoms with Crippen LogP contribution in [0.25, 0.3) is 21.8 Å². The number of nitrogens with one attached hydrogen (secondary N) is 2. The molecule has 3 aromatic rings. The van der Waals surface area contributed by atoms with Crippen LogP contribution >= 0.6 is 0 Å². The summed E-state index contributed by atoms with van der Waals surface area (Å²) in [4.78, 5) is 15.3. The molecule has 0 aliphatic carbocycles. The maximum Gasteiger partial charge on any atom is 0.252 e. The molecule has 1 aromatic carbocycles. The molecule has 2 heterocycles. The Labute approximate surface area is 110 Å². The highest BCUT2D eigenvalue weighted by molar-refractivity contribution is 5.99. The van der Waals surface area contributed by atoms with Crippen molar-refractivity contribution in [2.75, 3.05) is 0 Å². The molecule has 4 heteroatoms. The van der Waals surface area contributed by atoms with Gasteiger partial charge in [0.2, 0.25) is 0 Å². The molecule has 0 aliphatic heterocycles. The molecule has 0 saturated heterocycles. The first-order valence-corrected chi connectivity index (χ1v) is 6.50. The number of hydrogen-bond acceptors (Lipinski definition) is 2. The summed E-state index contributed by atoms with van der Waals surface area (Å²) in [5, 5.41) is 9.25. The van der Waals surface area contributed by atoms with Gasteiger partial charge in [0.05, 0.1) is 17.2 Å². The lowest BCUT2D eigenvalue weighted by Crippen LogP contribution is -2.16. The molecule has 2 aromatic heterocycles. The number of benzene rings is 1. The standard InChI is InChI=1S/C15H17N3O/c1-7(2)12-8(3)11-5-10-6-16-18-13(10)9(4)14(11)17-15(12)19/h5-7H,1-4H3,(H,16,18)(H,17,19). The van der Waals surface area contributed by atoms with E-state index in [9.17, 15) is 4.79 Å². The van der Waals surface area contributed by atoms with Gasteiger partial charge in [-0.2, -0.15) is 5.10 Å². The normalized spacial score (nSPS) is 11.8. The number of aromatic amines is 2. The molecule has 19 heavy (non-hydrogen) atoms. The molecule has 2 N–H and O–H groups in total. The van der Waals surface area contributed by atoms with Gasteiger partial charge >= 0.3 is 0 Å². The number of fused-ring (bicyclic) bond motifs is 2. The summed E-state index contributed by atoms with van der Waals surface area (Å²) in [5.74, 6) is 0.216. The van der Waals surface area contributed by atoms with Gasteiger partial charge < -0.3 is 4.98 Å². The van der Waals surface area contributed by atoms with Crippen molar-refractivity contribution in [1.29, 1.82) is 0 Å². The third-order valence-electron chi connectivity index (χ3n) is 3.86. The first kappa shape index (κ1) is 12.0. The van der Waals surface area contributed by atoms with Crippen molar-refractivity contribution >= 4 is 21.8 Å². The molecule has 0 aliphatic rings. The van der Waals surface area contributed by atoms with Crippen molar-refractivity contribution in [3.05, 3.63) is 39.3 Å². The smallest absolute Gasteiger partial charge is 0.252 e. The van der Waals surface area contributed by atoms with E-state index in [0.717, 1.165) is 38.5 Å². The molecule has 0 spiro atoms. The molecule has 0 radical (unpaired) electrons. The summed E-state index contributed by atoms with van der Waals surface area (Å²) in [6.07, 6.45) is 1.82. The van der Waals surface area contributed by atoms with Gasteiger partial charge in [-0.05, 0) is 37.0 Å². The minimum atomic E-state index is 0.0157. The summed E-state index contributed by atoms with van der Waals surface area (Å²) in [7, 11) is 0. The van der Waals surface area contributed by atoms with Crippen LogP contribution in [0.1, 0.15) is 36.5 Å². The van der Waals surface area contributed by atoms with Gasteiger partial charge in [0.15, 0.2) is 0 Å². The molecule has 0 fully saturated rings. The van der Waals surface area contributed by atoms with Crippen molar-refractivity contribution in [2.45, 2.75) is 33.6 Å². The molecule has 98 valence electrons. The van der Waals surface area contributed by atoms with Gasteiger partial charge in [-0.1, -0.05) is 13.8 Å². The Morgan fingerprint density at radius 2 is 1.89 bits per heavy atom. The highest BCUT2D eigenvalue weighted by Gasteiger charge is 2.15. The summed E-state index contributed by atoms with van der Waals surface area (Å²) >= 11 is 0. The van der Waals surface area contributed by atoms with Crippen LogP contribution in [-0.2, 0) is 0 Å². The van der Waals surface area contributed by atoms with Crippen LogP contribution in [0.4, 0.5) is 0 Å². The number of aromatic nitrogens is 3. The zero-order valence-corrected chi connectivity index (χ0v) is 11.6. The second-order valence-corrected chi connectivity index (χ2v) is 5.41. The summed E-state index contributed by atoms with van der Waals surface area (Å²) in [6, 6.07) is 2.10. The minimum absolute atomic E-state index is 0.0157. The molecule has 0 amide bonds. The SMILES string of the molecule is Cc1c(C(C)C)c(=O)[nH]c2c(C)c3[nH]ncc3cc12. The van der Waals surface area contributed by atoms with Crippen molar-refractivity contribution in [2.24, 2.45) is 0 Å². The largest absolute Gasteiger partial charge is 0.321 e. The molecule has 0 unspecified atom stereocenters. The van der Waals surface area contributed by atoms with Crippen molar-refractivity contribution in [3.63, 3.8) is 0 Å². The maximum absolute atomic E-state index is 12.2. The van der Waals surface area contributed by atoms with Crippen molar-refractivity contribution in [1.82, 2.24) is 15.2 Å². The molecular formula is C15H17N3O. The van der Waals surface area contributed by atoms with E-state index in [4.69, 9.17) is 0 Å². The number of aryl methyl sites for hydroxylation is 2. The zero-order chi connectivity index (χ0) is 13.7. The van der Waals surface area contributed by atoms with Gasteiger partial charge in [-0.25, -0.2) is 0 Å². The second kappa shape index (κ2) is 3.95. The average molecular weight is 255 g/mol. The van der Waals surface area contributed by atoms with Gasteiger partial charge in [0.1, 0.15) is 0 Å². The third kappa shape index (κ3) is 1.59. The number of rotatable bonds is 1. The molecular weight excluding hydrogens is 238 g/mol. The Balaban J connectivity index is 2.56. The van der Waals surface area contributed by atoms with E-state index in [-0.39, 0.29) is 11.5 Å². The number of hydrogen-bond donors (Lipinski definition) is 2. The highest BCUT2D eigenvalue weighted by Crippen LogP contribution is 2.29. The van der Waals surface area contributed by atoms with Gasteiger partial charge in [0, 0.05) is 16.3 Å². The Hall–Kier alpha value is -2.10. The van der Waals surface area contributed by atoms with Crippen LogP contribution < -0.4 is 5.56 Å². The third-order valence-corrected chi connectivity index (χ3v) is 3.86. The van der Waals surface area contributed by atoms with Gasteiger partial charge in [-0.15, -0.1) is 0 Å². The molecule has 0 atom stereocenters. The molecule has 4 nitrogen and oxygen atoms in total. The van der Waals surface area contributed by atoms with Crippen LogP contribution in [0.3, 0.4) is 0 Å². The lowest BCUT2D eigenvalue weighted by Gasteiger charge is -2.13. The predicted octanol–water partition coefficient (Wildman–Crippen LogP) is 3.14. The van der Waals surface area contributed by atoms with Crippen LogP contribution in [0.2, 0.25) is 0 Å². The zero-order valence-electron chi connectivity index (χ0n) is 11.6. The quantitative estimate of drug-likeness (QED) is 0.701. The number of H-pyrrole nitrogens is 2. The van der Waals surface area contributed by atoms with Crippen molar-refractivity contribution < 1.29 is 0 Å². The van der Waals surface area contributed by atoms with E-state index < -0.39 is 0 Å². The summed E-state index contributed by atoms with van der Waals surface area (Å²) < 4.78 is 0. The van der Waals surface area contributed by atoms with Crippen LogP contribution in [0.5, 0.6) is 0 Å². The van der Waals surface area contributed by atoms with Gasteiger partial charge in [0.25, 0.3) is 5.56 Å². The molecule has 0 saturated carbocycles. The van der Waals surface area contributed by atoms with E-state index in [2.05, 4.69) is 21.2 Å². The highest BCUT2D eigenvalue weighted by atomic mass is 16.1. The Morgan fingerprint density at radius 1 is 1.16 bits per heavy atom. The average Bonchev–Trinajstić information content (AvgIpc) is 2.79. The van der Waals surface area contributed by atoms with Gasteiger partial charge in [-0.3, -0.25) is 9.89 Å². The molecule has 0 bridgehead atoms. The van der Waals surface area contributed by atoms with E-state index in [1.165, 1.54) is 0 Å². The number of pyridine rings is 1. The van der Waals surface area contributed by atoms with Crippen LogP contribution in [0.15, 0.2) is 17.1 Å². The predicted molar refractivity (Wildman–Crippen MR) is 77.8 cm³/mol. The Kier molecular flexibility index (Phi) is 2.49. The molecule has 3 rings (SSSR count). The van der Waals surface area contributed by atoms with Crippen molar-refractivity contribution in [3.8, 4) is 0 Å². The fourth-order valence-electron chi connectivity index (χ4n) is 2.91. The van der Waals surface area contributed by atoms with E-state index >= 15 is 0 Å². The first-order valence-electron chi connectivity index (χ1n) is 6.50. The minimum Gasteiger partial charge on any atom is -0.321 e. The Morgan fingerprint density at radius 3 is 2.58 bits per heavy atom. The first-order chi connectivity index (χ1) is 9.00. The summed E-state index contributed by atoms with van der Waals surface area (Å²) in [5.41, 5.74) is 4.89.